The summed E-state index contributed by atoms with van der Waals surface area (Å²) >= 11 is 0. The third-order valence-electron chi connectivity index (χ3n) is 6.43. The van der Waals surface area contributed by atoms with Crippen molar-refractivity contribution in [2.45, 2.75) is 71.1 Å². The molecule has 0 aromatic carbocycles. The summed E-state index contributed by atoms with van der Waals surface area (Å²) in [4.78, 5) is 17.7. The largest absolute Gasteiger partial charge is 0.342 e. The Bertz CT molecular complexity index is 441. The zero-order valence-electron chi connectivity index (χ0n) is 15.6. The van der Waals surface area contributed by atoms with Crippen LogP contribution in [0.3, 0.4) is 0 Å². The molecule has 2 heterocycles. The molecule has 2 aliphatic heterocycles. The van der Waals surface area contributed by atoms with Crippen molar-refractivity contribution in [3.8, 4) is 0 Å². The topological polar surface area (TPSA) is 23.6 Å². The summed E-state index contributed by atoms with van der Waals surface area (Å²) in [7, 11) is 0. The van der Waals surface area contributed by atoms with Gasteiger partial charge < -0.3 is 4.90 Å². The number of carbonyl (C=O) groups is 1. The van der Waals surface area contributed by atoms with Gasteiger partial charge >= 0.3 is 0 Å². The summed E-state index contributed by atoms with van der Waals surface area (Å²) in [5, 5.41) is 0. The molecule has 1 spiro atoms. The first-order valence-corrected chi connectivity index (χ1v) is 10.4. The smallest absolute Gasteiger partial charge is 0.225 e. The zero-order valence-corrected chi connectivity index (χ0v) is 15.6. The van der Waals surface area contributed by atoms with Crippen LogP contribution in [0.15, 0.2) is 12.2 Å². The summed E-state index contributed by atoms with van der Waals surface area (Å²) in [6.07, 6.45) is 17.1. The summed E-state index contributed by atoms with van der Waals surface area (Å²) < 4.78 is 0. The molecule has 3 rings (SSSR count). The molecular weight excluding hydrogens is 296 g/mol. The molecule has 2 saturated heterocycles. The lowest BCUT2D eigenvalue weighted by Crippen LogP contribution is -2.46. The third kappa shape index (κ3) is 4.41. The fourth-order valence-electron chi connectivity index (χ4n) is 5.04. The minimum atomic E-state index is 0.338. The van der Waals surface area contributed by atoms with E-state index in [0.717, 1.165) is 32.5 Å². The summed E-state index contributed by atoms with van der Waals surface area (Å²) in [6.45, 7) is 7.79. The van der Waals surface area contributed by atoms with Crippen molar-refractivity contribution in [1.29, 1.82) is 0 Å². The summed E-state index contributed by atoms with van der Waals surface area (Å²) in [6, 6.07) is 0. The molecule has 0 radical (unpaired) electrons. The Morgan fingerprint density at radius 2 is 1.88 bits per heavy atom. The van der Waals surface area contributed by atoms with Crippen LogP contribution in [0.1, 0.15) is 71.1 Å². The van der Waals surface area contributed by atoms with E-state index in [2.05, 4.69) is 28.9 Å². The number of allylic oxidation sites excluding steroid dienone is 1. The summed E-state index contributed by atoms with van der Waals surface area (Å²) in [5.74, 6) is 0.817. The highest BCUT2D eigenvalue weighted by Crippen LogP contribution is 2.40. The highest BCUT2D eigenvalue weighted by Gasteiger charge is 2.43. The number of likely N-dealkylation sites (tertiary alicyclic amines) is 2. The molecular formula is C21H36N2O. The molecule has 0 aromatic rings. The molecule has 136 valence electrons. The van der Waals surface area contributed by atoms with E-state index in [-0.39, 0.29) is 0 Å². The van der Waals surface area contributed by atoms with Crippen molar-refractivity contribution in [2.75, 3.05) is 32.7 Å². The Morgan fingerprint density at radius 3 is 2.67 bits per heavy atom. The second-order valence-corrected chi connectivity index (χ2v) is 8.44. The molecule has 3 fully saturated rings. The number of carbonyl (C=O) groups excluding carboxylic acids is 1. The fourth-order valence-corrected chi connectivity index (χ4v) is 5.04. The van der Waals surface area contributed by atoms with Crippen molar-refractivity contribution in [2.24, 2.45) is 11.3 Å². The Kier molecular flexibility index (Phi) is 6.37. The number of nitrogens with zero attached hydrogens (tertiary/aromatic N) is 2. The first-order valence-electron chi connectivity index (χ1n) is 10.4. The van der Waals surface area contributed by atoms with Gasteiger partial charge in [0.1, 0.15) is 0 Å². The molecule has 3 aliphatic rings. The van der Waals surface area contributed by atoms with Gasteiger partial charge in [-0.15, -0.1) is 0 Å². The quantitative estimate of drug-likeness (QED) is 0.703. The van der Waals surface area contributed by atoms with Gasteiger partial charge in [-0.05, 0) is 45.1 Å². The molecule has 1 atom stereocenters. The SMILES string of the molecule is CCC/C=C/CN1CCCC2(CCN(C(=O)C3CCCCC3)C2)C1. The Morgan fingerprint density at radius 1 is 1.04 bits per heavy atom. The predicted octanol–water partition coefficient (Wildman–Crippen LogP) is 4.24. The van der Waals surface area contributed by atoms with Gasteiger partial charge in [0.25, 0.3) is 0 Å². The first kappa shape index (κ1) is 18.0. The van der Waals surface area contributed by atoms with Gasteiger partial charge in [-0.2, -0.15) is 0 Å². The van der Waals surface area contributed by atoms with E-state index < -0.39 is 0 Å². The lowest BCUT2D eigenvalue weighted by atomic mass is 9.79. The number of hydrogen-bond donors (Lipinski definition) is 0. The molecule has 1 aliphatic carbocycles. The van der Waals surface area contributed by atoms with Gasteiger partial charge in [-0.3, -0.25) is 9.69 Å². The van der Waals surface area contributed by atoms with Crippen LogP contribution in [0.25, 0.3) is 0 Å². The van der Waals surface area contributed by atoms with E-state index in [1.54, 1.807) is 0 Å². The normalized spacial score (nSPS) is 29.8. The molecule has 0 aromatic heterocycles. The molecule has 3 nitrogen and oxygen atoms in total. The van der Waals surface area contributed by atoms with Gasteiger partial charge in [-0.1, -0.05) is 44.8 Å². The average molecular weight is 333 g/mol. The maximum atomic E-state index is 12.9. The van der Waals surface area contributed by atoms with Crippen LogP contribution in [0.2, 0.25) is 0 Å². The number of amides is 1. The Hall–Kier alpha value is -0.830. The minimum Gasteiger partial charge on any atom is -0.342 e. The van der Waals surface area contributed by atoms with E-state index in [1.807, 2.05) is 0 Å². The molecule has 1 amide bonds. The number of piperidine rings is 1. The van der Waals surface area contributed by atoms with Crippen molar-refractivity contribution in [3.63, 3.8) is 0 Å². The molecule has 0 bridgehead atoms. The predicted molar refractivity (Wildman–Crippen MR) is 99.9 cm³/mol. The molecule has 3 heteroatoms. The highest BCUT2D eigenvalue weighted by atomic mass is 16.2. The van der Waals surface area contributed by atoms with Crippen LogP contribution in [0, 0.1) is 11.3 Å². The van der Waals surface area contributed by atoms with E-state index in [1.165, 1.54) is 64.5 Å². The number of rotatable bonds is 5. The highest BCUT2D eigenvalue weighted by molar-refractivity contribution is 5.79. The third-order valence-corrected chi connectivity index (χ3v) is 6.43. The second kappa shape index (κ2) is 8.51. The van der Waals surface area contributed by atoms with Crippen molar-refractivity contribution in [1.82, 2.24) is 9.80 Å². The van der Waals surface area contributed by atoms with Gasteiger partial charge in [0.15, 0.2) is 0 Å². The van der Waals surface area contributed by atoms with Crippen molar-refractivity contribution >= 4 is 5.91 Å². The van der Waals surface area contributed by atoms with Crippen LogP contribution in [-0.4, -0.2) is 48.4 Å². The summed E-state index contributed by atoms with van der Waals surface area (Å²) in [5.41, 5.74) is 0.390. The van der Waals surface area contributed by atoms with E-state index in [0.29, 0.717) is 17.2 Å². The number of unbranched alkanes of at least 4 members (excludes halogenated alkanes) is 1. The minimum absolute atomic E-state index is 0.338. The lowest BCUT2D eigenvalue weighted by Gasteiger charge is -2.40. The van der Waals surface area contributed by atoms with E-state index in [4.69, 9.17) is 0 Å². The van der Waals surface area contributed by atoms with Crippen LogP contribution >= 0.6 is 0 Å². The number of hydrogen-bond acceptors (Lipinski definition) is 2. The van der Waals surface area contributed by atoms with Gasteiger partial charge in [0.05, 0.1) is 0 Å². The van der Waals surface area contributed by atoms with Gasteiger partial charge in [-0.25, -0.2) is 0 Å². The standard InChI is InChI=1S/C21H36N2O/c1-2-3-4-8-14-22-15-9-12-21(17-22)13-16-23(18-21)20(24)19-10-6-5-7-11-19/h4,8,19H,2-3,5-7,9-18H2,1H3/b8-4+. The van der Waals surface area contributed by atoms with Crippen LogP contribution in [0.4, 0.5) is 0 Å². The zero-order chi connectivity index (χ0) is 16.8. The maximum Gasteiger partial charge on any atom is 0.225 e. The van der Waals surface area contributed by atoms with Crippen LogP contribution in [0.5, 0.6) is 0 Å². The van der Waals surface area contributed by atoms with Crippen LogP contribution < -0.4 is 0 Å². The molecule has 1 unspecified atom stereocenters. The van der Waals surface area contributed by atoms with Crippen molar-refractivity contribution < 1.29 is 4.79 Å². The monoisotopic (exact) mass is 332 g/mol. The van der Waals surface area contributed by atoms with Gasteiger partial charge in [0, 0.05) is 37.5 Å². The lowest BCUT2D eigenvalue weighted by molar-refractivity contribution is -0.136. The fraction of sp³-hybridized carbons (Fsp3) is 0.857. The second-order valence-electron chi connectivity index (χ2n) is 8.44. The molecule has 1 saturated carbocycles. The maximum absolute atomic E-state index is 12.9. The molecule has 0 N–H and O–H groups in total. The van der Waals surface area contributed by atoms with Gasteiger partial charge in [0.2, 0.25) is 5.91 Å². The van der Waals surface area contributed by atoms with E-state index in [9.17, 15) is 4.79 Å². The van der Waals surface area contributed by atoms with E-state index >= 15 is 0 Å². The molecule has 24 heavy (non-hydrogen) atoms. The average Bonchev–Trinajstić information content (AvgIpc) is 3.02. The Balaban J connectivity index is 1.51. The van der Waals surface area contributed by atoms with Crippen LogP contribution in [-0.2, 0) is 4.79 Å². The first-order chi connectivity index (χ1) is 11.7. The van der Waals surface area contributed by atoms with Crippen molar-refractivity contribution in [3.05, 3.63) is 12.2 Å². The Labute approximate surface area is 148 Å².